The number of hydrogen-bond acceptors (Lipinski definition) is 7. The van der Waals surface area contributed by atoms with Gasteiger partial charge in [0.25, 0.3) is 0 Å². The van der Waals surface area contributed by atoms with Crippen molar-refractivity contribution >= 4 is 34.7 Å². The predicted octanol–water partition coefficient (Wildman–Crippen LogP) is 4.60. The zero-order valence-electron chi connectivity index (χ0n) is 20.2. The van der Waals surface area contributed by atoms with Crippen molar-refractivity contribution in [3.05, 3.63) is 59.2 Å². The second kappa shape index (κ2) is 10.3. The van der Waals surface area contributed by atoms with E-state index in [-0.39, 0.29) is 23.0 Å². The van der Waals surface area contributed by atoms with E-state index < -0.39 is 11.3 Å². The van der Waals surface area contributed by atoms with Crippen molar-refractivity contribution in [3.63, 3.8) is 0 Å². The summed E-state index contributed by atoms with van der Waals surface area (Å²) in [7, 11) is 0. The van der Waals surface area contributed by atoms with Crippen LogP contribution in [0.25, 0.3) is 0 Å². The standard InChI is InChI=1S/C25H29N3O5S/c1-7-32-21-14-18(22-28(16(3)30)27-24(34-22)26-15(2)29)10-13-20(21)33-23(31)17-8-11-19(12-9-17)25(4,5)6/h8-14,22H,7H2,1-6H3,(H,26,27,29)/t22-/m0/s1. The molecule has 0 saturated heterocycles. The van der Waals surface area contributed by atoms with Gasteiger partial charge in [0.15, 0.2) is 16.7 Å². The minimum Gasteiger partial charge on any atom is -0.490 e. The lowest BCUT2D eigenvalue weighted by molar-refractivity contribution is -0.129. The minimum atomic E-state index is -0.494. The summed E-state index contributed by atoms with van der Waals surface area (Å²) in [5.41, 5.74) is 2.24. The highest BCUT2D eigenvalue weighted by atomic mass is 32.2. The van der Waals surface area contributed by atoms with Crippen LogP contribution >= 0.6 is 11.8 Å². The van der Waals surface area contributed by atoms with Gasteiger partial charge in [-0.1, -0.05) is 50.7 Å². The first kappa shape index (κ1) is 25.3. The van der Waals surface area contributed by atoms with Gasteiger partial charge in [0.05, 0.1) is 12.2 Å². The molecule has 0 fully saturated rings. The van der Waals surface area contributed by atoms with Gasteiger partial charge in [-0.25, -0.2) is 9.80 Å². The Hall–Kier alpha value is -3.33. The summed E-state index contributed by atoms with van der Waals surface area (Å²) in [6.45, 7) is 11.3. The third kappa shape index (κ3) is 5.96. The van der Waals surface area contributed by atoms with Crippen LogP contribution in [0, 0.1) is 0 Å². The average molecular weight is 484 g/mol. The number of amides is 2. The Morgan fingerprint density at radius 2 is 1.74 bits per heavy atom. The first-order valence-corrected chi connectivity index (χ1v) is 11.8. The van der Waals surface area contributed by atoms with Crippen LogP contribution in [-0.4, -0.2) is 34.6 Å². The molecule has 180 valence electrons. The first-order chi connectivity index (χ1) is 16.0. The molecule has 0 bridgehead atoms. The fraction of sp³-hybridized carbons (Fsp3) is 0.360. The molecular formula is C25H29N3O5S. The number of hydrazone groups is 1. The summed E-state index contributed by atoms with van der Waals surface area (Å²) in [5.74, 6) is -0.396. The number of hydrogen-bond donors (Lipinski definition) is 1. The Labute approximate surface area is 203 Å². The molecule has 8 nitrogen and oxygen atoms in total. The SMILES string of the molecule is CCOc1cc([C@@H]2SC(NC(C)=O)=NN2C(C)=O)ccc1OC(=O)c1ccc(C(C)(C)C)cc1. The van der Waals surface area contributed by atoms with Crippen molar-refractivity contribution in [2.75, 3.05) is 6.61 Å². The number of carbonyl (C=O) groups excluding carboxylic acids is 3. The van der Waals surface area contributed by atoms with Gasteiger partial charge in [-0.3, -0.25) is 9.59 Å². The molecular weight excluding hydrogens is 454 g/mol. The van der Waals surface area contributed by atoms with E-state index in [1.165, 1.54) is 30.6 Å². The minimum absolute atomic E-state index is 0.0179. The highest BCUT2D eigenvalue weighted by Crippen LogP contribution is 2.41. The van der Waals surface area contributed by atoms with Gasteiger partial charge in [-0.2, -0.15) is 0 Å². The Bertz CT molecular complexity index is 1120. The number of carbonyl (C=O) groups is 3. The molecule has 0 aromatic heterocycles. The topological polar surface area (TPSA) is 97.3 Å². The van der Waals surface area contributed by atoms with E-state index in [2.05, 4.69) is 31.2 Å². The van der Waals surface area contributed by atoms with Gasteiger partial charge in [-0.15, -0.1) is 5.10 Å². The van der Waals surface area contributed by atoms with Gasteiger partial charge in [0, 0.05) is 13.8 Å². The fourth-order valence-electron chi connectivity index (χ4n) is 3.28. The van der Waals surface area contributed by atoms with Crippen LogP contribution < -0.4 is 14.8 Å². The highest BCUT2D eigenvalue weighted by molar-refractivity contribution is 8.14. The number of thioether (sulfide) groups is 1. The zero-order chi connectivity index (χ0) is 25.0. The number of ether oxygens (including phenoxy) is 2. The van der Waals surface area contributed by atoms with Crippen LogP contribution in [0.1, 0.15) is 68.4 Å². The lowest BCUT2D eigenvalue weighted by Crippen LogP contribution is -2.25. The average Bonchev–Trinajstić information content (AvgIpc) is 3.18. The molecule has 2 aromatic carbocycles. The Morgan fingerprint density at radius 1 is 1.06 bits per heavy atom. The number of nitrogens with one attached hydrogen (secondary N) is 1. The summed E-state index contributed by atoms with van der Waals surface area (Å²) in [6, 6.07) is 12.4. The molecule has 1 atom stereocenters. The number of rotatable bonds is 5. The van der Waals surface area contributed by atoms with E-state index in [0.717, 1.165) is 5.56 Å². The molecule has 1 aliphatic heterocycles. The molecule has 3 rings (SSSR count). The normalized spacial score (nSPS) is 15.5. The lowest BCUT2D eigenvalue weighted by Gasteiger charge is -2.21. The summed E-state index contributed by atoms with van der Waals surface area (Å²) >= 11 is 1.23. The van der Waals surface area contributed by atoms with E-state index in [1.54, 1.807) is 30.3 Å². The molecule has 1 heterocycles. The van der Waals surface area contributed by atoms with Gasteiger partial charge >= 0.3 is 5.97 Å². The Balaban J connectivity index is 1.83. The molecule has 0 radical (unpaired) electrons. The third-order valence-electron chi connectivity index (χ3n) is 4.99. The van der Waals surface area contributed by atoms with E-state index in [1.807, 2.05) is 19.1 Å². The van der Waals surface area contributed by atoms with Gasteiger partial charge in [0.2, 0.25) is 11.8 Å². The molecule has 0 spiro atoms. The molecule has 2 aromatic rings. The second-order valence-corrected chi connectivity index (χ2v) is 9.85. The quantitative estimate of drug-likeness (QED) is 0.493. The van der Waals surface area contributed by atoms with Crippen LogP contribution in [-0.2, 0) is 15.0 Å². The number of amidine groups is 1. The van der Waals surface area contributed by atoms with Gasteiger partial charge in [-0.05, 0) is 47.7 Å². The van der Waals surface area contributed by atoms with Crippen LogP contribution in [0.3, 0.4) is 0 Å². The highest BCUT2D eigenvalue weighted by Gasteiger charge is 2.33. The molecule has 1 aliphatic rings. The van der Waals surface area contributed by atoms with E-state index in [0.29, 0.717) is 28.7 Å². The monoisotopic (exact) mass is 483 g/mol. The van der Waals surface area contributed by atoms with Gasteiger partial charge < -0.3 is 14.8 Å². The summed E-state index contributed by atoms with van der Waals surface area (Å²) in [4.78, 5) is 36.3. The Kier molecular flexibility index (Phi) is 7.66. The fourth-order valence-corrected chi connectivity index (χ4v) is 4.40. The van der Waals surface area contributed by atoms with Crippen LogP contribution in [0.15, 0.2) is 47.6 Å². The van der Waals surface area contributed by atoms with E-state index >= 15 is 0 Å². The van der Waals surface area contributed by atoms with Crippen molar-refractivity contribution in [2.24, 2.45) is 5.10 Å². The van der Waals surface area contributed by atoms with Crippen molar-refractivity contribution in [2.45, 2.75) is 52.3 Å². The maximum atomic E-state index is 12.8. The van der Waals surface area contributed by atoms with Crippen molar-refractivity contribution < 1.29 is 23.9 Å². The molecule has 0 aliphatic carbocycles. The maximum Gasteiger partial charge on any atom is 0.343 e. The molecule has 9 heteroatoms. The van der Waals surface area contributed by atoms with Gasteiger partial charge in [0.1, 0.15) is 5.37 Å². The second-order valence-electron chi connectivity index (χ2n) is 8.78. The van der Waals surface area contributed by atoms with Crippen molar-refractivity contribution in [1.82, 2.24) is 10.3 Å². The van der Waals surface area contributed by atoms with Crippen LogP contribution in [0.2, 0.25) is 0 Å². The van der Waals surface area contributed by atoms with Crippen molar-refractivity contribution in [3.8, 4) is 11.5 Å². The van der Waals surface area contributed by atoms with Crippen LogP contribution in [0.5, 0.6) is 11.5 Å². The summed E-state index contributed by atoms with van der Waals surface area (Å²) in [5, 5.41) is 7.95. The maximum absolute atomic E-state index is 12.8. The smallest absolute Gasteiger partial charge is 0.343 e. The molecule has 0 unspecified atom stereocenters. The van der Waals surface area contributed by atoms with Crippen LogP contribution in [0.4, 0.5) is 0 Å². The zero-order valence-corrected chi connectivity index (χ0v) is 21.0. The molecule has 1 N–H and O–H groups in total. The Morgan fingerprint density at radius 3 is 2.29 bits per heavy atom. The lowest BCUT2D eigenvalue weighted by atomic mass is 9.87. The number of benzene rings is 2. The van der Waals surface area contributed by atoms with E-state index in [4.69, 9.17) is 9.47 Å². The number of nitrogens with zero attached hydrogens (tertiary/aromatic N) is 2. The summed E-state index contributed by atoms with van der Waals surface area (Å²) < 4.78 is 11.4. The summed E-state index contributed by atoms with van der Waals surface area (Å²) in [6.07, 6.45) is 0. The van der Waals surface area contributed by atoms with Crippen molar-refractivity contribution in [1.29, 1.82) is 0 Å². The third-order valence-corrected chi connectivity index (χ3v) is 6.09. The number of esters is 1. The predicted molar refractivity (Wildman–Crippen MR) is 132 cm³/mol. The molecule has 0 saturated carbocycles. The molecule has 34 heavy (non-hydrogen) atoms. The van der Waals surface area contributed by atoms with E-state index in [9.17, 15) is 14.4 Å². The molecule has 2 amide bonds. The largest absolute Gasteiger partial charge is 0.490 e. The first-order valence-electron chi connectivity index (χ1n) is 10.9.